The lowest BCUT2D eigenvalue weighted by molar-refractivity contribution is 0.0609. The number of benzene rings is 3. The fraction of sp³-hybridized carbons (Fsp3) is 0.208. The highest BCUT2D eigenvalue weighted by Crippen LogP contribution is 2.48. The van der Waals surface area contributed by atoms with E-state index in [0.29, 0.717) is 22.8 Å². The molecule has 0 saturated heterocycles. The summed E-state index contributed by atoms with van der Waals surface area (Å²) in [5.41, 5.74) is 2.57. The van der Waals surface area contributed by atoms with Crippen LogP contribution in [0.1, 0.15) is 33.5 Å². The lowest BCUT2D eigenvalue weighted by Crippen LogP contribution is -2.40. The van der Waals surface area contributed by atoms with Crippen molar-refractivity contribution in [3.63, 3.8) is 0 Å². The van der Waals surface area contributed by atoms with Gasteiger partial charge in [-0.1, -0.05) is 60.2 Å². The van der Waals surface area contributed by atoms with Gasteiger partial charge in [0.05, 0.1) is 20.6 Å². The van der Waals surface area contributed by atoms with Crippen molar-refractivity contribution in [2.75, 3.05) is 14.2 Å². The van der Waals surface area contributed by atoms with Gasteiger partial charge in [0.15, 0.2) is 11.4 Å². The third-order valence-corrected chi connectivity index (χ3v) is 5.23. The van der Waals surface area contributed by atoms with Crippen molar-refractivity contribution in [2.45, 2.75) is 18.9 Å². The Morgan fingerprint density at radius 1 is 0.893 bits per heavy atom. The molecular formula is C24H22O4. The molecule has 0 fully saturated rings. The number of Topliss-reactive ketones (excluding diaryl/α,β-unsaturated/α-hetero) is 1. The third-order valence-electron chi connectivity index (χ3n) is 5.23. The maximum atomic E-state index is 13.3. The van der Waals surface area contributed by atoms with Gasteiger partial charge in [-0.3, -0.25) is 4.79 Å². The van der Waals surface area contributed by atoms with Crippen LogP contribution in [0.4, 0.5) is 0 Å². The summed E-state index contributed by atoms with van der Waals surface area (Å²) in [6.45, 7) is 2.04. The van der Waals surface area contributed by atoms with Gasteiger partial charge in [-0.2, -0.15) is 0 Å². The molecule has 142 valence electrons. The normalized spacial score (nSPS) is 18.2. The highest BCUT2D eigenvalue weighted by atomic mass is 16.5. The van der Waals surface area contributed by atoms with E-state index in [-0.39, 0.29) is 12.2 Å². The number of ketones is 1. The molecular weight excluding hydrogens is 352 g/mol. The van der Waals surface area contributed by atoms with Crippen molar-refractivity contribution in [1.82, 2.24) is 0 Å². The van der Waals surface area contributed by atoms with E-state index in [0.717, 1.165) is 16.7 Å². The van der Waals surface area contributed by atoms with Gasteiger partial charge in [0.1, 0.15) is 22.8 Å². The number of carbonyl (C=O) groups is 1. The molecule has 4 rings (SSSR count). The van der Waals surface area contributed by atoms with Gasteiger partial charge in [0.2, 0.25) is 0 Å². The predicted octanol–water partition coefficient (Wildman–Crippen LogP) is 4.92. The maximum absolute atomic E-state index is 13.3. The number of fused-ring (bicyclic) bond motifs is 1. The summed E-state index contributed by atoms with van der Waals surface area (Å²) >= 11 is 0. The summed E-state index contributed by atoms with van der Waals surface area (Å²) < 4.78 is 17.4. The maximum Gasteiger partial charge on any atom is 0.175 e. The molecule has 4 heteroatoms. The second-order valence-corrected chi connectivity index (χ2v) is 6.96. The first-order valence-electron chi connectivity index (χ1n) is 9.18. The van der Waals surface area contributed by atoms with E-state index >= 15 is 0 Å². The summed E-state index contributed by atoms with van der Waals surface area (Å²) in [6.07, 6.45) is 0.190. The molecule has 3 aromatic rings. The van der Waals surface area contributed by atoms with E-state index in [9.17, 15) is 4.79 Å². The van der Waals surface area contributed by atoms with Crippen molar-refractivity contribution in [1.29, 1.82) is 0 Å². The molecule has 1 unspecified atom stereocenters. The molecule has 0 amide bonds. The first kappa shape index (κ1) is 18.1. The third kappa shape index (κ3) is 2.91. The molecule has 4 nitrogen and oxygen atoms in total. The fourth-order valence-electron chi connectivity index (χ4n) is 3.76. The van der Waals surface area contributed by atoms with Crippen LogP contribution in [-0.2, 0) is 5.60 Å². The smallest absolute Gasteiger partial charge is 0.175 e. The summed E-state index contributed by atoms with van der Waals surface area (Å²) in [7, 11) is 3.12. The van der Waals surface area contributed by atoms with Crippen LogP contribution >= 0.6 is 0 Å². The summed E-state index contributed by atoms with van der Waals surface area (Å²) in [4.78, 5) is 13.3. The van der Waals surface area contributed by atoms with Crippen LogP contribution in [0.2, 0.25) is 0 Å². The zero-order chi connectivity index (χ0) is 19.7. The summed E-state index contributed by atoms with van der Waals surface area (Å²) in [5.74, 6) is 1.49. The minimum atomic E-state index is -0.906. The first-order valence-corrected chi connectivity index (χ1v) is 9.18. The van der Waals surface area contributed by atoms with Crippen LogP contribution in [0, 0.1) is 6.92 Å². The molecule has 0 spiro atoms. The van der Waals surface area contributed by atoms with Gasteiger partial charge in [-0.15, -0.1) is 0 Å². The Kier molecular flexibility index (Phi) is 4.55. The average Bonchev–Trinajstić information content (AvgIpc) is 2.73. The minimum absolute atomic E-state index is 0.0230. The molecule has 1 aliphatic heterocycles. The molecule has 0 bridgehead atoms. The molecule has 1 atom stereocenters. The van der Waals surface area contributed by atoms with Gasteiger partial charge >= 0.3 is 0 Å². The Labute approximate surface area is 164 Å². The van der Waals surface area contributed by atoms with Crippen molar-refractivity contribution in [3.05, 3.63) is 89.0 Å². The van der Waals surface area contributed by atoms with Crippen LogP contribution in [0.3, 0.4) is 0 Å². The highest BCUT2D eigenvalue weighted by Gasteiger charge is 2.45. The van der Waals surface area contributed by atoms with E-state index in [4.69, 9.17) is 14.2 Å². The molecule has 0 aromatic heterocycles. The molecule has 28 heavy (non-hydrogen) atoms. The van der Waals surface area contributed by atoms with Gasteiger partial charge in [0.25, 0.3) is 0 Å². The second kappa shape index (κ2) is 7.04. The van der Waals surface area contributed by atoms with E-state index in [1.54, 1.807) is 26.4 Å². The van der Waals surface area contributed by atoms with Crippen molar-refractivity contribution in [3.8, 4) is 17.2 Å². The van der Waals surface area contributed by atoms with Crippen molar-refractivity contribution < 1.29 is 19.0 Å². The molecule has 1 heterocycles. The van der Waals surface area contributed by atoms with Crippen LogP contribution < -0.4 is 14.2 Å². The average molecular weight is 374 g/mol. The van der Waals surface area contributed by atoms with Gasteiger partial charge < -0.3 is 14.2 Å². The molecule has 0 radical (unpaired) electrons. The Balaban J connectivity index is 1.95. The highest BCUT2D eigenvalue weighted by molar-refractivity contribution is 6.03. The zero-order valence-corrected chi connectivity index (χ0v) is 16.2. The van der Waals surface area contributed by atoms with Crippen LogP contribution in [0.5, 0.6) is 17.2 Å². The second-order valence-electron chi connectivity index (χ2n) is 6.96. The number of methoxy groups -OCH3 is 2. The Morgan fingerprint density at radius 2 is 1.57 bits per heavy atom. The van der Waals surface area contributed by atoms with Gasteiger partial charge in [-0.25, -0.2) is 0 Å². The number of aryl methyl sites for hydroxylation is 1. The number of hydrogen-bond donors (Lipinski definition) is 0. The lowest BCUT2D eigenvalue weighted by atomic mass is 9.78. The first-order chi connectivity index (χ1) is 13.6. The monoisotopic (exact) mass is 374 g/mol. The molecule has 0 saturated carbocycles. The van der Waals surface area contributed by atoms with E-state index in [1.807, 2.05) is 61.5 Å². The fourth-order valence-corrected chi connectivity index (χ4v) is 3.76. The van der Waals surface area contributed by atoms with Gasteiger partial charge in [-0.05, 0) is 6.92 Å². The Hall–Kier alpha value is -3.27. The Bertz CT molecular complexity index is 1010. The topological polar surface area (TPSA) is 44.8 Å². The number of rotatable bonds is 4. The summed E-state index contributed by atoms with van der Waals surface area (Å²) in [5, 5.41) is 0. The number of carbonyl (C=O) groups excluding carboxylic acids is 1. The van der Waals surface area contributed by atoms with Crippen molar-refractivity contribution in [2.24, 2.45) is 0 Å². The largest absolute Gasteiger partial charge is 0.496 e. The quantitative estimate of drug-likeness (QED) is 0.650. The molecule has 0 aliphatic carbocycles. The van der Waals surface area contributed by atoms with Crippen LogP contribution in [-0.4, -0.2) is 20.0 Å². The number of ether oxygens (including phenoxy) is 3. The van der Waals surface area contributed by atoms with E-state index in [1.165, 1.54) is 0 Å². The molecule has 0 N–H and O–H groups in total. The number of hydrogen-bond acceptors (Lipinski definition) is 4. The Morgan fingerprint density at radius 3 is 2.21 bits per heavy atom. The minimum Gasteiger partial charge on any atom is -0.496 e. The molecule has 3 aromatic carbocycles. The van der Waals surface area contributed by atoms with E-state index in [2.05, 4.69) is 0 Å². The summed E-state index contributed by atoms with van der Waals surface area (Å²) in [6, 6.07) is 21.5. The van der Waals surface area contributed by atoms with Crippen LogP contribution in [0.15, 0.2) is 66.7 Å². The standard InChI is InChI=1S/C24H22O4/c1-16-9-11-18(12-10-16)24(17-7-5-4-6-8-17)15-20(25)23-21(27-3)13-19(26-2)14-22(23)28-24/h4-14H,15H2,1-3H3. The van der Waals surface area contributed by atoms with Gasteiger partial charge in [0, 0.05) is 23.3 Å². The van der Waals surface area contributed by atoms with E-state index < -0.39 is 5.60 Å². The zero-order valence-electron chi connectivity index (χ0n) is 16.2. The SMILES string of the molecule is COc1cc(OC)c2c(c1)OC(c1ccccc1)(c1ccc(C)cc1)CC2=O. The molecule has 1 aliphatic rings. The van der Waals surface area contributed by atoms with Crippen molar-refractivity contribution >= 4 is 5.78 Å². The lowest BCUT2D eigenvalue weighted by Gasteiger charge is -2.39. The van der Waals surface area contributed by atoms with Crippen LogP contribution in [0.25, 0.3) is 0 Å². The predicted molar refractivity (Wildman–Crippen MR) is 108 cm³/mol.